The molecule has 142 valence electrons. The smallest absolute Gasteiger partial charge is 0.264 e. The summed E-state index contributed by atoms with van der Waals surface area (Å²) >= 11 is 1.26. The molecule has 1 aromatic carbocycles. The lowest BCUT2D eigenvalue weighted by atomic mass is 10.2. The average Bonchev–Trinajstić information content (AvgIpc) is 3.34. The van der Waals surface area contributed by atoms with Crippen molar-refractivity contribution in [3.8, 4) is 23.3 Å². The maximum atomic E-state index is 12.0. The Morgan fingerprint density at radius 1 is 1.25 bits per heavy atom. The van der Waals surface area contributed by atoms with Crippen LogP contribution in [0.5, 0.6) is 5.75 Å². The summed E-state index contributed by atoms with van der Waals surface area (Å²) in [5.41, 5.74) is 1.10. The SMILES string of the molecule is CC(=O)NCc1ccc(-c2csc(NC(=O)COc3ccc(C#N)cc3)n2)o1. The van der Waals surface area contributed by atoms with Crippen molar-refractivity contribution in [1.82, 2.24) is 10.3 Å². The molecule has 28 heavy (non-hydrogen) atoms. The van der Waals surface area contributed by atoms with Crippen LogP contribution >= 0.6 is 11.3 Å². The molecule has 0 aliphatic heterocycles. The van der Waals surface area contributed by atoms with E-state index in [1.165, 1.54) is 18.3 Å². The molecular formula is C19H16N4O4S. The van der Waals surface area contributed by atoms with Crippen molar-refractivity contribution in [3.63, 3.8) is 0 Å². The molecule has 0 spiro atoms. The molecule has 0 aliphatic rings. The van der Waals surface area contributed by atoms with Gasteiger partial charge in [0.15, 0.2) is 17.5 Å². The molecule has 0 bridgehead atoms. The highest BCUT2D eigenvalue weighted by molar-refractivity contribution is 7.14. The minimum atomic E-state index is -0.351. The third-order valence-corrected chi connectivity index (χ3v) is 4.29. The second kappa shape index (κ2) is 8.83. The Morgan fingerprint density at radius 2 is 2.04 bits per heavy atom. The number of rotatable bonds is 7. The first-order valence-electron chi connectivity index (χ1n) is 8.25. The molecule has 0 saturated heterocycles. The molecule has 3 aromatic rings. The molecule has 3 rings (SSSR count). The largest absolute Gasteiger partial charge is 0.484 e. The standard InChI is InChI=1S/C19H16N4O4S/c1-12(24)21-9-15-6-7-17(27-15)16-11-28-19(22-16)23-18(25)10-26-14-4-2-13(8-20)3-5-14/h2-7,11H,9-10H2,1H3,(H,21,24)(H,22,23,25). The lowest BCUT2D eigenvalue weighted by Gasteiger charge is -2.05. The molecule has 0 fully saturated rings. The zero-order valence-electron chi connectivity index (χ0n) is 14.9. The van der Waals surface area contributed by atoms with Gasteiger partial charge in [0.05, 0.1) is 18.2 Å². The highest BCUT2D eigenvalue weighted by atomic mass is 32.1. The van der Waals surface area contributed by atoms with Crippen LogP contribution in [0.4, 0.5) is 5.13 Å². The van der Waals surface area contributed by atoms with Gasteiger partial charge in [-0.2, -0.15) is 5.26 Å². The summed E-state index contributed by atoms with van der Waals surface area (Å²) in [4.78, 5) is 27.3. The van der Waals surface area contributed by atoms with Crippen molar-refractivity contribution in [2.45, 2.75) is 13.5 Å². The fourth-order valence-corrected chi connectivity index (χ4v) is 2.91. The molecule has 9 heteroatoms. The van der Waals surface area contributed by atoms with E-state index >= 15 is 0 Å². The Balaban J connectivity index is 1.53. The number of ether oxygens (including phenoxy) is 1. The first-order valence-corrected chi connectivity index (χ1v) is 9.13. The number of nitrogens with zero attached hydrogens (tertiary/aromatic N) is 2. The number of nitrogens with one attached hydrogen (secondary N) is 2. The zero-order valence-corrected chi connectivity index (χ0v) is 15.7. The second-order valence-corrected chi connectivity index (χ2v) is 6.54. The second-order valence-electron chi connectivity index (χ2n) is 5.69. The lowest BCUT2D eigenvalue weighted by Crippen LogP contribution is -2.20. The van der Waals surface area contributed by atoms with Crippen LogP contribution in [0.1, 0.15) is 18.2 Å². The van der Waals surface area contributed by atoms with Gasteiger partial charge in [-0.05, 0) is 36.4 Å². The van der Waals surface area contributed by atoms with E-state index in [-0.39, 0.29) is 18.4 Å². The molecule has 0 unspecified atom stereocenters. The van der Waals surface area contributed by atoms with Crippen LogP contribution in [0.15, 0.2) is 46.2 Å². The molecular weight excluding hydrogens is 380 g/mol. The average molecular weight is 396 g/mol. The van der Waals surface area contributed by atoms with E-state index in [1.54, 1.807) is 41.8 Å². The summed E-state index contributed by atoms with van der Waals surface area (Å²) in [5, 5.41) is 16.3. The Bertz CT molecular complexity index is 1020. The Labute approximate surface area is 164 Å². The van der Waals surface area contributed by atoms with E-state index in [0.29, 0.717) is 40.2 Å². The van der Waals surface area contributed by atoms with Crippen LogP contribution in [-0.4, -0.2) is 23.4 Å². The topological polar surface area (TPSA) is 117 Å². The number of carbonyl (C=O) groups is 2. The monoisotopic (exact) mass is 396 g/mol. The highest BCUT2D eigenvalue weighted by Crippen LogP contribution is 2.26. The zero-order chi connectivity index (χ0) is 19.9. The molecule has 2 N–H and O–H groups in total. The minimum Gasteiger partial charge on any atom is -0.484 e. The summed E-state index contributed by atoms with van der Waals surface area (Å²) in [5.74, 6) is 1.16. The highest BCUT2D eigenvalue weighted by Gasteiger charge is 2.12. The van der Waals surface area contributed by atoms with Crippen molar-refractivity contribution >= 4 is 28.3 Å². The van der Waals surface area contributed by atoms with E-state index in [1.807, 2.05) is 6.07 Å². The fraction of sp³-hybridized carbons (Fsp3) is 0.158. The van der Waals surface area contributed by atoms with E-state index in [2.05, 4.69) is 15.6 Å². The third-order valence-electron chi connectivity index (χ3n) is 3.53. The summed E-state index contributed by atoms with van der Waals surface area (Å²) < 4.78 is 11.0. The van der Waals surface area contributed by atoms with Crippen molar-refractivity contribution < 1.29 is 18.7 Å². The molecule has 2 amide bonds. The summed E-state index contributed by atoms with van der Waals surface area (Å²) in [7, 11) is 0. The van der Waals surface area contributed by atoms with E-state index in [0.717, 1.165) is 0 Å². The molecule has 2 heterocycles. The maximum absolute atomic E-state index is 12.0. The molecule has 2 aromatic heterocycles. The number of anilines is 1. The first-order chi connectivity index (χ1) is 13.5. The number of carbonyl (C=O) groups excluding carboxylic acids is 2. The van der Waals surface area contributed by atoms with Gasteiger partial charge in [0.2, 0.25) is 5.91 Å². The number of hydrogen-bond donors (Lipinski definition) is 2. The number of amides is 2. The lowest BCUT2D eigenvalue weighted by molar-refractivity contribution is -0.119. The molecule has 8 nitrogen and oxygen atoms in total. The van der Waals surface area contributed by atoms with Crippen molar-refractivity contribution in [2.75, 3.05) is 11.9 Å². The van der Waals surface area contributed by atoms with Gasteiger partial charge in [-0.25, -0.2) is 4.98 Å². The number of aromatic nitrogens is 1. The normalized spacial score (nSPS) is 10.1. The molecule has 0 atom stereocenters. The van der Waals surface area contributed by atoms with E-state index in [4.69, 9.17) is 14.4 Å². The van der Waals surface area contributed by atoms with Gasteiger partial charge < -0.3 is 14.5 Å². The van der Waals surface area contributed by atoms with Gasteiger partial charge in [0.1, 0.15) is 17.2 Å². The van der Waals surface area contributed by atoms with Gasteiger partial charge in [0, 0.05) is 12.3 Å². The van der Waals surface area contributed by atoms with Crippen LogP contribution in [0.3, 0.4) is 0 Å². The third kappa shape index (κ3) is 5.18. The van der Waals surface area contributed by atoms with Crippen molar-refractivity contribution in [2.24, 2.45) is 0 Å². The quantitative estimate of drug-likeness (QED) is 0.634. The van der Waals surface area contributed by atoms with E-state index in [9.17, 15) is 9.59 Å². The number of thiazole rings is 1. The van der Waals surface area contributed by atoms with Gasteiger partial charge in [-0.1, -0.05) is 0 Å². The Hall–Kier alpha value is -3.64. The number of nitriles is 1. The first kappa shape index (κ1) is 19.1. The van der Waals surface area contributed by atoms with Gasteiger partial charge in [0.25, 0.3) is 5.91 Å². The van der Waals surface area contributed by atoms with Gasteiger partial charge >= 0.3 is 0 Å². The summed E-state index contributed by atoms with van der Waals surface area (Å²) in [6.07, 6.45) is 0. The van der Waals surface area contributed by atoms with Crippen LogP contribution < -0.4 is 15.4 Å². The number of hydrogen-bond acceptors (Lipinski definition) is 7. The summed E-state index contributed by atoms with van der Waals surface area (Å²) in [6, 6.07) is 12.0. The predicted octanol–water partition coefficient (Wildman–Crippen LogP) is 2.93. The van der Waals surface area contributed by atoms with E-state index < -0.39 is 0 Å². The van der Waals surface area contributed by atoms with Gasteiger partial charge in [-0.3, -0.25) is 14.9 Å². The van der Waals surface area contributed by atoms with Crippen molar-refractivity contribution in [3.05, 3.63) is 53.1 Å². The Morgan fingerprint density at radius 3 is 2.75 bits per heavy atom. The van der Waals surface area contributed by atoms with Crippen LogP contribution in [0, 0.1) is 11.3 Å². The maximum Gasteiger partial charge on any atom is 0.264 e. The molecule has 0 radical (unpaired) electrons. The van der Waals surface area contributed by atoms with Crippen LogP contribution in [0.2, 0.25) is 0 Å². The van der Waals surface area contributed by atoms with Crippen molar-refractivity contribution in [1.29, 1.82) is 5.26 Å². The van der Waals surface area contributed by atoms with Crippen LogP contribution in [-0.2, 0) is 16.1 Å². The van der Waals surface area contributed by atoms with Crippen LogP contribution in [0.25, 0.3) is 11.5 Å². The van der Waals surface area contributed by atoms with Gasteiger partial charge in [-0.15, -0.1) is 11.3 Å². The number of benzene rings is 1. The molecule has 0 aliphatic carbocycles. The minimum absolute atomic E-state index is 0.139. The fourth-order valence-electron chi connectivity index (χ4n) is 2.20. The molecule has 0 saturated carbocycles. The predicted molar refractivity (Wildman–Crippen MR) is 103 cm³/mol. The Kier molecular flexibility index (Phi) is 6.04. The summed E-state index contributed by atoms with van der Waals surface area (Å²) in [6.45, 7) is 1.56. The number of furan rings is 1.